The van der Waals surface area contributed by atoms with Crippen molar-refractivity contribution < 1.29 is 0 Å². The molecular formula is C47H27N7. The van der Waals surface area contributed by atoms with E-state index >= 15 is 0 Å². The summed E-state index contributed by atoms with van der Waals surface area (Å²) < 4.78 is 4.45. The predicted molar refractivity (Wildman–Crippen MR) is 216 cm³/mol. The number of nitriles is 1. The first kappa shape index (κ1) is 30.9. The zero-order chi connectivity index (χ0) is 36.2. The average Bonchev–Trinajstić information content (AvgIpc) is 3.77. The molecule has 0 saturated carbocycles. The van der Waals surface area contributed by atoms with E-state index in [-0.39, 0.29) is 0 Å². The van der Waals surface area contributed by atoms with E-state index in [1.54, 1.807) is 6.07 Å². The van der Waals surface area contributed by atoms with Crippen molar-refractivity contribution in [3.8, 4) is 51.6 Å². The summed E-state index contributed by atoms with van der Waals surface area (Å²) in [5.74, 6) is 1.29. The molecular weight excluding hydrogens is 663 g/mol. The number of nitrogens with zero attached hydrogens (tertiary/aromatic N) is 7. The van der Waals surface area contributed by atoms with Gasteiger partial charge in [-0.1, -0.05) is 121 Å². The Morgan fingerprint density at radius 2 is 1.07 bits per heavy atom. The summed E-state index contributed by atoms with van der Waals surface area (Å²) >= 11 is 0. The number of benzene rings is 7. The Morgan fingerprint density at radius 1 is 0.519 bits per heavy atom. The van der Waals surface area contributed by atoms with Crippen LogP contribution in [0.25, 0.3) is 94.0 Å². The molecule has 7 nitrogen and oxygen atoms in total. The second-order valence-electron chi connectivity index (χ2n) is 13.0. The minimum Gasteiger partial charge on any atom is -0.309 e. The molecule has 0 N–H and O–H groups in total. The fourth-order valence-corrected chi connectivity index (χ4v) is 7.67. The highest BCUT2D eigenvalue weighted by Gasteiger charge is 2.24. The molecule has 250 valence electrons. The van der Waals surface area contributed by atoms with Gasteiger partial charge in [-0.3, -0.25) is 0 Å². The van der Waals surface area contributed by atoms with Gasteiger partial charge in [-0.15, -0.1) is 0 Å². The van der Waals surface area contributed by atoms with Gasteiger partial charge in [-0.05, 0) is 42.5 Å². The number of hydrogen-bond acceptors (Lipinski definition) is 4. The fourth-order valence-electron chi connectivity index (χ4n) is 7.67. The van der Waals surface area contributed by atoms with E-state index < -0.39 is 0 Å². The maximum Gasteiger partial charge on any atom is 0.200 e. The van der Waals surface area contributed by atoms with Crippen LogP contribution in [0.4, 0.5) is 5.69 Å². The van der Waals surface area contributed by atoms with Gasteiger partial charge in [0.15, 0.2) is 23.2 Å². The van der Waals surface area contributed by atoms with Crippen LogP contribution in [-0.2, 0) is 0 Å². The molecule has 3 aromatic heterocycles. The van der Waals surface area contributed by atoms with Crippen molar-refractivity contribution in [2.45, 2.75) is 0 Å². The SMILES string of the molecule is [C-]#[N+]c1cc(-n2c3ccccc3c3ccc4c(c5ccccc5n4-c4ccccc4)c32)c(C#N)cc1-c1nc(-c2ccccc2)nc(-c2ccccc2)n1. The molecule has 7 heteroatoms. The first-order chi connectivity index (χ1) is 26.7. The second-order valence-corrected chi connectivity index (χ2v) is 13.0. The molecule has 7 aromatic carbocycles. The summed E-state index contributed by atoms with van der Waals surface area (Å²) in [5.41, 5.74) is 8.55. The second kappa shape index (κ2) is 12.4. The first-order valence-electron chi connectivity index (χ1n) is 17.6. The highest BCUT2D eigenvalue weighted by molar-refractivity contribution is 6.26. The summed E-state index contributed by atoms with van der Waals surface area (Å²) in [5, 5.41) is 15.2. The summed E-state index contributed by atoms with van der Waals surface area (Å²) in [6.45, 7) is 8.44. The van der Waals surface area contributed by atoms with E-state index in [2.05, 4.69) is 92.8 Å². The third-order valence-electron chi connectivity index (χ3n) is 10.0. The number of aromatic nitrogens is 5. The van der Waals surface area contributed by atoms with Crippen molar-refractivity contribution in [3.05, 3.63) is 181 Å². The Labute approximate surface area is 310 Å². The zero-order valence-corrected chi connectivity index (χ0v) is 28.7. The molecule has 0 spiro atoms. The van der Waals surface area contributed by atoms with Crippen LogP contribution >= 0.6 is 0 Å². The van der Waals surface area contributed by atoms with Crippen LogP contribution in [0, 0.1) is 17.9 Å². The number of hydrogen-bond donors (Lipinski definition) is 0. The Bertz CT molecular complexity index is 3110. The van der Waals surface area contributed by atoms with Crippen LogP contribution in [0.5, 0.6) is 0 Å². The van der Waals surface area contributed by atoms with Gasteiger partial charge < -0.3 is 9.13 Å². The molecule has 0 saturated heterocycles. The highest BCUT2D eigenvalue weighted by Crippen LogP contribution is 2.44. The third-order valence-corrected chi connectivity index (χ3v) is 10.0. The Kier molecular flexibility index (Phi) is 7.11. The van der Waals surface area contributed by atoms with Gasteiger partial charge >= 0.3 is 0 Å². The Balaban J connectivity index is 1.28. The molecule has 0 amide bonds. The van der Waals surface area contributed by atoms with E-state index in [1.807, 2.05) is 84.9 Å². The maximum absolute atomic E-state index is 10.9. The molecule has 0 bridgehead atoms. The lowest BCUT2D eigenvalue weighted by atomic mass is 10.0. The smallest absolute Gasteiger partial charge is 0.200 e. The normalized spacial score (nSPS) is 11.3. The summed E-state index contributed by atoms with van der Waals surface area (Å²) in [6.07, 6.45) is 0. The third kappa shape index (κ3) is 4.77. The molecule has 3 heterocycles. The van der Waals surface area contributed by atoms with Crippen molar-refractivity contribution in [1.82, 2.24) is 24.1 Å². The van der Waals surface area contributed by atoms with E-state index in [9.17, 15) is 5.26 Å². The van der Waals surface area contributed by atoms with Crippen LogP contribution in [0.2, 0.25) is 0 Å². The lowest BCUT2D eigenvalue weighted by Crippen LogP contribution is -2.02. The standard InChI is InChI=1S/C47H27N7/c1-49-38-28-42(32(29-48)27-37(38)47-51-45(30-15-5-2-6-16-30)50-46(52-47)31-17-7-3-8-18-31)54-39-23-13-11-21-34(39)35-25-26-41-43(44(35)54)36-22-12-14-24-40(36)53(41)33-19-9-4-10-20-33/h2-28H. The van der Waals surface area contributed by atoms with Crippen LogP contribution in [0.3, 0.4) is 0 Å². The monoisotopic (exact) mass is 689 g/mol. The van der Waals surface area contributed by atoms with E-state index in [4.69, 9.17) is 21.5 Å². The van der Waals surface area contributed by atoms with E-state index in [0.717, 1.165) is 60.4 Å². The van der Waals surface area contributed by atoms with Gasteiger partial charge in [-0.2, -0.15) is 5.26 Å². The van der Waals surface area contributed by atoms with Gasteiger partial charge in [-0.25, -0.2) is 19.8 Å². The Morgan fingerprint density at radius 3 is 1.70 bits per heavy atom. The topological polar surface area (TPSA) is 76.7 Å². The number of fused-ring (bicyclic) bond motifs is 7. The van der Waals surface area contributed by atoms with E-state index in [1.165, 1.54) is 0 Å². The summed E-state index contributed by atoms with van der Waals surface area (Å²) in [7, 11) is 0. The van der Waals surface area contributed by atoms with Crippen molar-refractivity contribution in [2.75, 3.05) is 0 Å². The minimum atomic E-state index is 0.326. The summed E-state index contributed by atoms with van der Waals surface area (Å²) in [4.78, 5) is 18.7. The molecule has 0 radical (unpaired) electrons. The fraction of sp³-hybridized carbons (Fsp3) is 0. The first-order valence-corrected chi connectivity index (χ1v) is 17.6. The minimum absolute atomic E-state index is 0.326. The molecule has 0 aliphatic carbocycles. The summed E-state index contributed by atoms with van der Waals surface area (Å²) in [6, 6.07) is 56.9. The van der Waals surface area contributed by atoms with Crippen LogP contribution in [0.15, 0.2) is 164 Å². The van der Waals surface area contributed by atoms with Crippen molar-refractivity contribution in [2.24, 2.45) is 0 Å². The number of rotatable bonds is 5. The highest BCUT2D eigenvalue weighted by atomic mass is 15.0. The van der Waals surface area contributed by atoms with Gasteiger partial charge in [0.05, 0.1) is 39.9 Å². The quantitative estimate of drug-likeness (QED) is 0.169. The van der Waals surface area contributed by atoms with Gasteiger partial charge in [0.2, 0.25) is 0 Å². The van der Waals surface area contributed by atoms with Crippen molar-refractivity contribution >= 4 is 49.3 Å². The van der Waals surface area contributed by atoms with Gasteiger partial charge in [0, 0.05) is 43.9 Å². The molecule has 0 unspecified atom stereocenters. The lowest BCUT2D eigenvalue weighted by Gasteiger charge is -2.15. The van der Waals surface area contributed by atoms with Crippen LogP contribution in [0.1, 0.15) is 5.56 Å². The average molecular weight is 690 g/mol. The van der Waals surface area contributed by atoms with E-state index in [0.29, 0.717) is 40.0 Å². The van der Waals surface area contributed by atoms with Gasteiger partial charge in [0.1, 0.15) is 6.07 Å². The zero-order valence-electron chi connectivity index (χ0n) is 28.7. The molecule has 0 aliphatic heterocycles. The van der Waals surface area contributed by atoms with Crippen LogP contribution < -0.4 is 0 Å². The molecule has 0 aliphatic rings. The molecule has 0 atom stereocenters. The van der Waals surface area contributed by atoms with Crippen molar-refractivity contribution in [3.63, 3.8) is 0 Å². The predicted octanol–water partition coefficient (Wildman–Crippen LogP) is 11.5. The molecule has 10 aromatic rings. The number of para-hydroxylation sites is 3. The molecule has 0 fully saturated rings. The molecule has 10 rings (SSSR count). The molecule has 54 heavy (non-hydrogen) atoms. The van der Waals surface area contributed by atoms with Crippen molar-refractivity contribution in [1.29, 1.82) is 5.26 Å². The van der Waals surface area contributed by atoms with Gasteiger partial charge in [0.25, 0.3) is 0 Å². The van der Waals surface area contributed by atoms with Crippen LogP contribution in [-0.4, -0.2) is 24.1 Å². The lowest BCUT2D eigenvalue weighted by molar-refractivity contribution is 1.07. The maximum atomic E-state index is 10.9. The Hall–Kier alpha value is -7.87. The largest absolute Gasteiger partial charge is 0.309 e.